The molecule has 0 aliphatic carbocycles. The third-order valence-electron chi connectivity index (χ3n) is 2.19. The average molecular weight is 244 g/mol. The van der Waals surface area contributed by atoms with Gasteiger partial charge in [0.15, 0.2) is 5.78 Å². The zero-order chi connectivity index (χ0) is 12.8. The lowest BCUT2D eigenvalue weighted by Crippen LogP contribution is -2.33. The minimum atomic E-state index is -2.55. The van der Waals surface area contributed by atoms with Gasteiger partial charge in [-0.05, 0) is 19.1 Å². The molecule has 0 bridgehead atoms. The number of aliphatic hydroxyl groups excluding tert-OH is 1. The van der Waals surface area contributed by atoms with Gasteiger partial charge in [0.05, 0.1) is 18.7 Å². The highest BCUT2D eigenvalue weighted by atomic mass is 19.3. The van der Waals surface area contributed by atoms with Crippen molar-refractivity contribution >= 4 is 11.6 Å². The van der Waals surface area contributed by atoms with Gasteiger partial charge < -0.3 is 10.0 Å². The molecule has 1 N–H and O–H groups in total. The first-order chi connectivity index (χ1) is 8.06. The highest BCUT2D eigenvalue weighted by molar-refractivity contribution is 5.98. The number of halogens is 2. The summed E-state index contributed by atoms with van der Waals surface area (Å²) < 4.78 is 24.8. The van der Waals surface area contributed by atoms with Crippen molar-refractivity contribution < 1.29 is 18.7 Å². The summed E-state index contributed by atoms with van der Waals surface area (Å²) in [6.45, 7) is 0.528. The van der Waals surface area contributed by atoms with E-state index in [1.54, 1.807) is 6.07 Å². The zero-order valence-corrected chi connectivity index (χ0v) is 9.44. The molecule has 17 heavy (non-hydrogen) atoms. The van der Waals surface area contributed by atoms with Gasteiger partial charge in [-0.1, -0.05) is 0 Å². The fraction of sp³-hybridized carbons (Fsp3) is 0.455. The molecule has 1 heterocycles. The predicted octanol–water partition coefficient (Wildman–Crippen LogP) is 1.35. The summed E-state index contributed by atoms with van der Waals surface area (Å²) in [7, 11) is 0. The molecule has 0 amide bonds. The lowest BCUT2D eigenvalue weighted by molar-refractivity contribution is 0.101. The van der Waals surface area contributed by atoms with Gasteiger partial charge in [0.2, 0.25) is 0 Å². The number of hydrogen-bond donors (Lipinski definition) is 1. The fourth-order valence-corrected chi connectivity index (χ4v) is 1.49. The van der Waals surface area contributed by atoms with E-state index in [1.807, 2.05) is 0 Å². The van der Waals surface area contributed by atoms with Gasteiger partial charge >= 0.3 is 0 Å². The third kappa shape index (κ3) is 3.74. The van der Waals surface area contributed by atoms with Crippen LogP contribution in [0.3, 0.4) is 0 Å². The molecule has 0 atom stereocenters. The lowest BCUT2D eigenvalue weighted by atomic mass is 10.2. The van der Waals surface area contributed by atoms with Crippen LogP contribution in [-0.2, 0) is 0 Å². The minimum Gasteiger partial charge on any atom is -0.395 e. The van der Waals surface area contributed by atoms with Crippen molar-refractivity contribution in [3.05, 3.63) is 23.9 Å². The molecule has 0 aliphatic heterocycles. The lowest BCUT2D eigenvalue weighted by Gasteiger charge is -2.23. The van der Waals surface area contributed by atoms with Gasteiger partial charge in [-0.2, -0.15) is 0 Å². The summed E-state index contributed by atoms with van der Waals surface area (Å²) in [6, 6.07) is 3.10. The van der Waals surface area contributed by atoms with E-state index < -0.39 is 13.0 Å². The molecule has 94 valence electrons. The number of anilines is 1. The fourth-order valence-electron chi connectivity index (χ4n) is 1.49. The van der Waals surface area contributed by atoms with Crippen LogP contribution in [-0.4, -0.2) is 42.0 Å². The SMILES string of the molecule is CC(=O)c1cccnc1N(CCO)CC(F)F. The maximum Gasteiger partial charge on any atom is 0.255 e. The Kier molecular flexibility index (Phi) is 4.96. The van der Waals surface area contributed by atoms with Crippen molar-refractivity contribution in [3.63, 3.8) is 0 Å². The molecule has 0 radical (unpaired) electrons. The van der Waals surface area contributed by atoms with E-state index in [2.05, 4.69) is 4.98 Å². The number of carbonyl (C=O) groups excluding carboxylic acids is 1. The van der Waals surface area contributed by atoms with Crippen molar-refractivity contribution in [1.29, 1.82) is 0 Å². The van der Waals surface area contributed by atoms with Crippen LogP contribution < -0.4 is 4.90 Å². The van der Waals surface area contributed by atoms with Crippen LogP contribution in [0.1, 0.15) is 17.3 Å². The number of aromatic nitrogens is 1. The van der Waals surface area contributed by atoms with Gasteiger partial charge in [0.1, 0.15) is 5.82 Å². The molecule has 0 fully saturated rings. The monoisotopic (exact) mass is 244 g/mol. The van der Waals surface area contributed by atoms with Crippen LogP contribution in [0.25, 0.3) is 0 Å². The summed E-state index contributed by atoms with van der Waals surface area (Å²) in [4.78, 5) is 16.5. The molecule has 0 aromatic carbocycles. The zero-order valence-electron chi connectivity index (χ0n) is 9.44. The molecule has 0 saturated heterocycles. The Morgan fingerprint density at radius 3 is 2.82 bits per heavy atom. The molecule has 0 unspecified atom stereocenters. The number of hydrogen-bond acceptors (Lipinski definition) is 4. The first-order valence-corrected chi connectivity index (χ1v) is 5.16. The Morgan fingerprint density at radius 2 is 2.29 bits per heavy atom. The maximum absolute atomic E-state index is 12.4. The highest BCUT2D eigenvalue weighted by Gasteiger charge is 2.18. The van der Waals surface area contributed by atoms with Crippen molar-refractivity contribution in [1.82, 2.24) is 4.98 Å². The van der Waals surface area contributed by atoms with Gasteiger partial charge in [0, 0.05) is 12.7 Å². The van der Waals surface area contributed by atoms with Gasteiger partial charge in [0.25, 0.3) is 6.43 Å². The molecule has 1 aromatic rings. The Morgan fingerprint density at radius 1 is 1.59 bits per heavy atom. The minimum absolute atomic E-state index is 0.0155. The summed E-state index contributed by atoms with van der Waals surface area (Å²) in [5, 5.41) is 8.84. The summed E-state index contributed by atoms with van der Waals surface area (Å²) in [5.74, 6) is -0.0559. The van der Waals surface area contributed by atoms with E-state index in [4.69, 9.17) is 5.11 Å². The van der Waals surface area contributed by atoms with E-state index >= 15 is 0 Å². The largest absolute Gasteiger partial charge is 0.395 e. The Hall–Kier alpha value is -1.56. The number of rotatable bonds is 6. The van der Waals surface area contributed by atoms with E-state index in [0.29, 0.717) is 0 Å². The van der Waals surface area contributed by atoms with Crippen molar-refractivity contribution in [2.24, 2.45) is 0 Å². The summed E-state index contributed by atoms with van der Waals surface area (Å²) in [5.41, 5.74) is 0.279. The van der Waals surface area contributed by atoms with Crippen LogP contribution in [0.15, 0.2) is 18.3 Å². The van der Waals surface area contributed by atoms with Crippen molar-refractivity contribution in [2.45, 2.75) is 13.3 Å². The smallest absolute Gasteiger partial charge is 0.255 e. The molecule has 1 rings (SSSR count). The topological polar surface area (TPSA) is 53.4 Å². The number of ketones is 1. The molecular weight excluding hydrogens is 230 g/mol. The summed E-state index contributed by atoms with van der Waals surface area (Å²) >= 11 is 0. The molecule has 6 heteroatoms. The van der Waals surface area contributed by atoms with Crippen molar-refractivity contribution in [2.75, 3.05) is 24.6 Å². The summed E-state index contributed by atoms with van der Waals surface area (Å²) in [6.07, 6.45) is -1.12. The number of pyridine rings is 1. The Bertz CT molecular complexity index is 385. The maximum atomic E-state index is 12.4. The second-order valence-electron chi connectivity index (χ2n) is 3.49. The number of aliphatic hydroxyl groups is 1. The van der Waals surface area contributed by atoms with Crippen LogP contribution in [0, 0.1) is 0 Å². The number of alkyl halides is 2. The van der Waals surface area contributed by atoms with E-state index in [9.17, 15) is 13.6 Å². The van der Waals surface area contributed by atoms with Gasteiger partial charge in [-0.25, -0.2) is 13.8 Å². The Labute approximate surface area is 97.9 Å². The first-order valence-electron chi connectivity index (χ1n) is 5.16. The van der Waals surface area contributed by atoms with E-state index in [0.717, 1.165) is 0 Å². The molecule has 0 aliphatic rings. The second-order valence-corrected chi connectivity index (χ2v) is 3.49. The average Bonchev–Trinajstić information content (AvgIpc) is 2.28. The third-order valence-corrected chi connectivity index (χ3v) is 2.19. The second kappa shape index (κ2) is 6.24. The normalized spacial score (nSPS) is 10.6. The van der Waals surface area contributed by atoms with Crippen LogP contribution in [0.4, 0.5) is 14.6 Å². The molecule has 0 saturated carbocycles. The standard InChI is InChI=1S/C11H14F2N2O2/c1-8(17)9-3-2-4-14-11(9)15(5-6-16)7-10(12)13/h2-4,10,16H,5-7H2,1H3. The van der Waals surface area contributed by atoms with Gasteiger partial charge in [-0.3, -0.25) is 4.79 Å². The van der Waals surface area contributed by atoms with Crippen LogP contribution >= 0.6 is 0 Å². The Balaban J connectivity index is 3.04. The van der Waals surface area contributed by atoms with Crippen LogP contribution in [0.5, 0.6) is 0 Å². The van der Waals surface area contributed by atoms with E-state index in [-0.39, 0.29) is 30.3 Å². The number of nitrogens with zero attached hydrogens (tertiary/aromatic N) is 2. The first kappa shape index (κ1) is 13.5. The van der Waals surface area contributed by atoms with Gasteiger partial charge in [-0.15, -0.1) is 0 Å². The molecule has 0 spiro atoms. The molecular formula is C11H14F2N2O2. The highest BCUT2D eigenvalue weighted by Crippen LogP contribution is 2.18. The molecule has 4 nitrogen and oxygen atoms in total. The number of carbonyl (C=O) groups is 1. The quantitative estimate of drug-likeness (QED) is 0.767. The molecule has 1 aromatic heterocycles. The van der Waals surface area contributed by atoms with Crippen LogP contribution in [0.2, 0.25) is 0 Å². The predicted molar refractivity (Wildman–Crippen MR) is 59.5 cm³/mol. The number of Topliss-reactive ketones (excluding diaryl/α,β-unsaturated/α-hetero) is 1. The van der Waals surface area contributed by atoms with E-state index in [1.165, 1.54) is 24.1 Å². The van der Waals surface area contributed by atoms with Crippen molar-refractivity contribution in [3.8, 4) is 0 Å².